The summed E-state index contributed by atoms with van der Waals surface area (Å²) in [6.07, 6.45) is 0. The highest BCUT2D eigenvalue weighted by molar-refractivity contribution is 9.11. The highest BCUT2D eigenvalue weighted by atomic mass is 79.9. The first-order valence-electron chi connectivity index (χ1n) is 5.10. The van der Waals surface area contributed by atoms with E-state index in [-0.39, 0.29) is 5.56 Å². The molecule has 0 saturated heterocycles. The summed E-state index contributed by atoms with van der Waals surface area (Å²) in [6.45, 7) is 5.51. The molecule has 0 spiro atoms. The second-order valence-electron chi connectivity index (χ2n) is 3.38. The molecule has 1 rings (SSSR count). The molecule has 0 aliphatic rings. The third-order valence-corrected chi connectivity index (χ3v) is 2.23. The second-order valence-corrected chi connectivity index (χ2v) is 4.50. The zero-order chi connectivity index (χ0) is 12.7. The van der Waals surface area contributed by atoms with E-state index in [1.165, 1.54) is 12.1 Å². The lowest BCUT2D eigenvalue weighted by Crippen LogP contribution is -2.22. The van der Waals surface area contributed by atoms with Crippen LogP contribution in [0.4, 0.5) is 0 Å². The van der Waals surface area contributed by atoms with E-state index >= 15 is 0 Å². The number of carbonyl (C=O) groups is 1. The fraction of sp³-hybridized carbons (Fsp3) is 0.250. The quantitative estimate of drug-likeness (QED) is 0.758. The van der Waals surface area contributed by atoms with E-state index in [0.29, 0.717) is 25.4 Å². The zero-order valence-electron chi connectivity index (χ0n) is 9.28. The summed E-state index contributed by atoms with van der Waals surface area (Å²) in [5.41, 5.74) is 0.226. The molecule has 0 unspecified atom stereocenters. The van der Waals surface area contributed by atoms with Gasteiger partial charge in [0.1, 0.15) is 12.4 Å². The van der Waals surface area contributed by atoms with Gasteiger partial charge in [-0.1, -0.05) is 28.6 Å². The monoisotopic (exact) mass is 299 g/mol. The highest BCUT2D eigenvalue weighted by Crippen LogP contribution is 2.12. The fourth-order valence-corrected chi connectivity index (χ4v) is 1.38. The Morgan fingerprint density at radius 2 is 2.29 bits per heavy atom. The van der Waals surface area contributed by atoms with Crippen LogP contribution in [0.25, 0.3) is 0 Å². The minimum atomic E-state index is -0.954. The van der Waals surface area contributed by atoms with Gasteiger partial charge in [-0.05, 0) is 18.2 Å². The number of benzene rings is 1. The molecule has 0 aliphatic heterocycles. The molecule has 4 nitrogen and oxygen atoms in total. The highest BCUT2D eigenvalue weighted by Gasteiger charge is 2.03. The predicted octanol–water partition coefficient (Wildman–Crippen LogP) is 2.26. The molecular weight excluding hydrogens is 286 g/mol. The third kappa shape index (κ3) is 5.51. The number of carboxylic acids is 1. The smallest absolute Gasteiger partial charge is 0.335 e. The molecule has 0 aliphatic carbocycles. The molecule has 5 heteroatoms. The van der Waals surface area contributed by atoms with E-state index in [1.54, 1.807) is 12.1 Å². The molecule has 0 amide bonds. The summed E-state index contributed by atoms with van der Waals surface area (Å²) >= 11 is 3.23. The van der Waals surface area contributed by atoms with E-state index in [1.807, 2.05) is 0 Å². The van der Waals surface area contributed by atoms with Crippen LogP contribution >= 0.6 is 15.9 Å². The minimum absolute atomic E-state index is 0.226. The third-order valence-electron chi connectivity index (χ3n) is 1.95. The number of halogens is 1. The van der Waals surface area contributed by atoms with Crippen molar-refractivity contribution in [3.63, 3.8) is 0 Å². The molecule has 17 heavy (non-hydrogen) atoms. The van der Waals surface area contributed by atoms with Gasteiger partial charge in [0, 0.05) is 17.6 Å². The van der Waals surface area contributed by atoms with Crippen LogP contribution in [0.2, 0.25) is 0 Å². The predicted molar refractivity (Wildman–Crippen MR) is 69.8 cm³/mol. The molecule has 0 atom stereocenters. The van der Waals surface area contributed by atoms with Crippen LogP contribution in [0.15, 0.2) is 35.3 Å². The maximum Gasteiger partial charge on any atom is 0.335 e. The standard InChI is InChI=1S/C12H14BrNO3/c1-9(13)8-14-5-6-17-11-4-2-3-10(7-11)12(15)16/h2-4,7,14H,1,5-6,8H2,(H,15,16). The molecule has 92 valence electrons. The van der Waals surface area contributed by atoms with E-state index in [0.717, 1.165) is 4.48 Å². The molecule has 0 radical (unpaired) electrons. The number of carboxylic acid groups (broad SMARTS) is 1. The molecule has 0 bridgehead atoms. The largest absolute Gasteiger partial charge is 0.492 e. The zero-order valence-corrected chi connectivity index (χ0v) is 10.9. The lowest BCUT2D eigenvalue weighted by atomic mass is 10.2. The van der Waals surface area contributed by atoms with E-state index in [4.69, 9.17) is 9.84 Å². The summed E-state index contributed by atoms with van der Waals surface area (Å²) in [5.74, 6) is -0.395. The van der Waals surface area contributed by atoms with E-state index < -0.39 is 5.97 Å². The maximum atomic E-state index is 10.7. The summed E-state index contributed by atoms with van der Waals surface area (Å²) in [5, 5.41) is 11.9. The molecule has 0 aromatic heterocycles. The topological polar surface area (TPSA) is 58.6 Å². The van der Waals surface area contributed by atoms with Crippen molar-refractivity contribution in [2.75, 3.05) is 19.7 Å². The lowest BCUT2D eigenvalue weighted by Gasteiger charge is -2.07. The number of hydrogen-bond acceptors (Lipinski definition) is 3. The minimum Gasteiger partial charge on any atom is -0.492 e. The van der Waals surface area contributed by atoms with Gasteiger partial charge in [-0.15, -0.1) is 0 Å². The van der Waals surface area contributed by atoms with Gasteiger partial charge in [-0.25, -0.2) is 4.79 Å². The Labute approximate surface area is 108 Å². The number of nitrogens with one attached hydrogen (secondary N) is 1. The lowest BCUT2D eigenvalue weighted by molar-refractivity contribution is 0.0696. The Balaban J connectivity index is 2.34. The number of hydrogen-bond donors (Lipinski definition) is 2. The Bertz CT molecular complexity index is 406. The summed E-state index contributed by atoms with van der Waals surface area (Å²) in [4.78, 5) is 10.7. The van der Waals surface area contributed by atoms with Crippen LogP contribution in [0.5, 0.6) is 5.75 Å². The first-order valence-corrected chi connectivity index (χ1v) is 5.89. The average Bonchev–Trinajstić information content (AvgIpc) is 2.28. The van der Waals surface area contributed by atoms with Crippen molar-refractivity contribution in [2.24, 2.45) is 0 Å². The number of aromatic carboxylic acids is 1. The van der Waals surface area contributed by atoms with Crippen LogP contribution in [0.3, 0.4) is 0 Å². The van der Waals surface area contributed by atoms with Crippen LogP contribution in [-0.4, -0.2) is 30.8 Å². The average molecular weight is 300 g/mol. The Morgan fingerprint density at radius 1 is 1.53 bits per heavy atom. The first-order chi connectivity index (χ1) is 8.09. The Kier molecular flexibility index (Phi) is 5.72. The SMILES string of the molecule is C=C(Br)CNCCOc1cccc(C(=O)O)c1. The first kappa shape index (κ1) is 13.7. The van der Waals surface area contributed by atoms with Crippen molar-refractivity contribution in [1.82, 2.24) is 5.32 Å². The summed E-state index contributed by atoms with van der Waals surface area (Å²) in [7, 11) is 0. The summed E-state index contributed by atoms with van der Waals surface area (Å²) < 4.78 is 6.29. The fourth-order valence-electron chi connectivity index (χ4n) is 1.18. The second kappa shape index (κ2) is 7.09. The van der Waals surface area contributed by atoms with Gasteiger partial charge in [0.2, 0.25) is 0 Å². The van der Waals surface area contributed by atoms with Gasteiger partial charge < -0.3 is 15.2 Å². The molecule has 2 N–H and O–H groups in total. The van der Waals surface area contributed by atoms with Crippen molar-refractivity contribution in [3.8, 4) is 5.75 Å². The van der Waals surface area contributed by atoms with Gasteiger partial charge in [-0.2, -0.15) is 0 Å². The van der Waals surface area contributed by atoms with Gasteiger partial charge in [-0.3, -0.25) is 0 Å². The van der Waals surface area contributed by atoms with Crippen LogP contribution in [0.1, 0.15) is 10.4 Å². The Hall–Kier alpha value is -1.33. The molecule has 1 aromatic carbocycles. The molecule has 0 fully saturated rings. The van der Waals surface area contributed by atoms with Crippen molar-refractivity contribution >= 4 is 21.9 Å². The van der Waals surface area contributed by atoms with Crippen LogP contribution in [0, 0.1) is 0 Å². The van der Waals surface area contributed by atoms with Gasteiger partial charge >= 0.3 is 5.97 Å². The summed E-state index contributed by atoms with van der Waals surface area (Å²) in [6, 6.07) is 6.43. The normalized spacial score (nSPS) is 9.94. The molecule has 0 saturated carbocycles. The molecule has 0 heterocycles. The van der Waals surface area contributed by atoms with Gasteiger partial charge in [0.05, 0.1) is 5.56 Å². The number of ether oxygens (including phenoxy) is 1. The van der Waals surface area contributed by atoms with Crippen LogP contribution < -0.4 is 10.1 Å². The molecular formula is C12H14BrNO3. The molecule has 1 aromatic rings. The van der Waals surface area contributed by atoms with Crippen molar-refractivity contribution in [3.05, 3.63) is 40.9 Å². The van der Waals surface area contributed by atoms with Gasteiger partial charge in [0.15, 0.2) is 0 Å². The number of rotatable bonds is 7. The Morgan fingerprint density at radius 3 is 2.94 bits per heavy atom. The van der Waals surface area contributed by atoms with Crippen molar-refractivity contribution in [1.29, 1.82) is 0 Å². The van der Waals surface area contributed by atoms with E-state index in [2.05, 4.69) is 27.8 Å². The van der Waals surface area contributed by atoms with E-state index in [9.17, 15) is 4.79 Å². The maximum absolute atomic E-state index is 10.7. The van der Waals surface area contributed by atoms with Crippen LogP contribution in [-0.2, 0) is 0 Å². The van der Waals surface area contributed by atoms with Crippen molar-refractivity contribution in [2.45, 2.75) is 0 Å². The van der Waals surface area contributed by atoms with Gasteiger partial charge in [0.25, 0.3) is 0 Å². The van der Waals surface area contributed by atoms with Crippen molar-refractivity contribution < 1.29 is 14.6 Å².